The number of primary amides is 1. The summed E-state index contributed by atoms with van der Waals surface area (Å²) in [6, 6.07) is 3.65. The van der Waals surface area contributed by atoms with Crippen molar-refractivity contribution in [3.63, 3.8) is 0 Å². The number of esters is 2. The van der Waals surface area contributed by atoms with Gasteiger partial charge in [-0.3, -0.25) is 85.7 Å². The van der Waals surface area contributed by atoms with Gasteiger partial charge in [-0.1, -0.05) is 118 Å². The van der Waals surface area contributed by atoms with Gasteiger partial charge in [-0.15, -0.1) is 0 Å². The summed E-state index contributed by atoms with van der Waals surface area (Å²) in [6.45, 7) is 18.3. The van der Waals surface area contributed by atoms with Crippen LogP contribution in [0.4, 0.5) is 10.5 Å². The first-order chi connectivity index (χ1) is 63.6. The summed E-state index contributed by atoms with van der Waals surface area (Å²) in [5, 5.41) is 33.8. The zero-order chi connectivity index (χ0) is 101. The van der Waals surface area contributed by atoms with Crippen LogP contribution in [-0.2, 0) is 130 Å². The van der Waals surface area contributed by atoms with Crippen LogP contribution in [0.5, 0.6) is 0 Å². The van der Waals surface area contributed by atoms with E-state index in [4.69, 9.17) is 62.5 Å². The second kappa shape index (κ2) is 57.6. The number of nitrogens with zero attached hydrogens (tertiary/aromatic N) is 4. The minimum atomic E-state index is -5.03. The van der Waals surface area contributed by atoms with Gasteiger partial charge in [0.2, 0.25) is 77.0 Å². The molecule has 5 rings (SSSR count). The van der Waals surface area contributed by atoms with Gasteiger partial charge >= 0.3 is 33.4 Å². The first-order valence-electron chi connectivity index (χ1n) is 45.4. The van der Waals surface area contributed by atoms with Gasteiger partial charge in [0.25, 0.3) is 0 Å². The van der Waals surface area contributed by atoms with Gasteiger partial charge < -0.3 is 121 Å². The number of ether oxygens (including phenoxy) is 8. The lowest BCUT2D eigenvalue weighted by Crippen LogP contribution is -2.59. The van der Waals surface area contributed by atoms with E-state index in [1.807, 2.05) is 60.5 Å². The highest BCUT2D eigenvalue weighted by Crippen LogP contribution is 2.50. The SMILES string of the molecule is CC[C@H](C)[C@@H]([C@@H](CC(=O)N1CCC[C@H]1[C@H](OC)[C@@H](C)C(=O)N[C@H](C)[C@@H](OP(=O)(O)OCc1ccc(NC(=O)[C@H](CCCNC(N)=O)NC(=O)[C@@H](NC(=O)[C@H](CC(=O)OC2C(=O)OCC2O)NC(=O)CCOCCOCCOCCOCCNC(=O)[C@H](CNC(=O)CCP(=O)(O)O)N2C(=O)CC(C)C2=O)C(C)C)cc1)c1ccccc1)OC)N(C)C(=O)[C@@H](NC(=O)[C@H](C(C)C)N(C)C)C(C)C. The molecule has 14 amide bonds. The minimum Gasteiger partial charge on any atom is -0.460 e. The number of carbonyl (C=O) groups is 15. The predicted molar refractivity (Wildman–Crippen MR) is 487 cm³/mol. The molecule has 3 saturated heterocycles. The van der Waals surface area contributed by atoms with Crippen molar-refractivity contribution >= 4 is 110 Å². The first-order valence-corrected chi connectivity index (χ1v) is 48.7. The normalized spacial score (nSPS) is 19.1. The lowest BCUT2D eigenvalue weighted by molar-refractivity contribution is -0.163. The van der Waals surface area contributed by atoms with Crippen LogP contribution in [0.1, 0.15) is 158 Å². The summed E-state index contributed by atoms with van der Waals surface area (Å²) in [5.74, 6) is -13.0. The van der Waals surface area contributed by atoms with Crippen LogP contribution in [-0.4, -0.2) is 334 Å². The quantitative estimate of drug-likeness (QED) is 0.0190. The monoisotopic (exact) mass is 1950 g/mol. The molecule has 47 heteroatoms. The molecule has 0 bridgehead atoms. The van der Waals surface area contributed by atoms with Crippen molar-refractivity contribution in [2.45, 2.75) is 232 Å². The number of urea groups is 1. The molecule has 4 unspecified atom stereocenters. The number of imide groups is 1. The van der Waals surface area contributed by atoms with Gasteiger partial charge in [0.15, 0.2) is 0 Å². The second-order valence-electron chi connectivity index (χ2n) is 34.9. The number of benzene rings is 2. The third-order valence-electron chi connectivity index (χ3n) is 23.1. The van der Waals surface area contributed by atoms with Gasteiger partial charge in [-0.2, -0.15) is 0 Å². The molecule has 3 fully saturated rings. The molecule has 15 N–H and O–H groups in total. The van der Waals surface area contributed by atoms with Crippen LogP contribution in [0.3, 0.4) is 0 Å². The van der Waals surface area contributed by atoms with Crippen molar-refractivity contribution in [1.82, 2.24) is 62.1 Å². The lowest BCUT2D eigenvalue weighted by atomic mass is 9.89. The number of anilines is 1. The van der Waals surface area contributed by atoms with Crippen molar-refractivity contribution < 1.29 is 148 Å². The Kier molecular flexibility index (Phi) is 49.5. The number of likely N-dealkylation sites (tertiary alicyclic amines) is 2. The fraction of sp³-hybridized carbons (Fsp3) is 0.693. The molecule has 3 aliphatic heterocycles. The van der Waals surface area contributed by atoms with Crippen molar-refractivity contribution in [3.05, 3.63) is 65.7 Å². The van der Waals surface area contributed by atoms with Gasteiger partial charge in [-0.05, 0) is 93.6 Å². The smallest absolute Gasteiger partial charge is 0.460 e. The third-order valence-corrected chi connectivity index (χ3v) is 24.9. The molecular weight excluding hydrogens is 1810 g/mol. The van der Waals surface area contributed by atoms with E-state index in [1.54, 1.807) is 74.9 Å². The summed E-state index contributed by atoms with van der Waals surface area (Å²) in [5.41, 5.74) is 6.17. The van der Waals surface area contributed by atoms with E-state index in [-0.39, 0.29) is 139 Å². The maximum Gasteiger partial charge on any atom is 0.473 e. The highest BCUT2D eigenvalue weighted by Gasteiger charge is 2.47. The zero-order valence-corrected chi connectivity index (χ0v) is 81.8. The highest BCUT2D eigenvalue weighted by atomic mass is 31.2. The Balaban J connectivity index is 1.15. The molecule has 2 aromatic carbocycles. The van der Waals surface area contributed by atoms with Crippen LogP contribution in [0.25, 0.3) is 0 Å². The van der Waals surface area contributed by atoms with Gasteiger partial charge in [0.1, 0.15) is 49.0 Å². The van der Waals surface area contributed by atoms with Crippen molar-refractivity contribution in [2.75, 3.05) is 132 Å². The molecule has 0 radical (unpaired) electrons. The Morgan fingerprint density at radius 1 is 0.652 bits per heavy atom. The first kappa shape index (κ1) is 116. The average molecular weight is 1950 g/mol. The van der Waals surface area contributed by atoms with Gasteiger partial charge in [-0.25, -0.2) is 14.2 Å². The van der Waals surface area contributed by atoms with Crippen LogP contribution in [0.2, 0.25) is 0 Å². The number of likely N-dealkylation sites (N-methyl/N-ethyl adjacent to an activating group) is 2. The number of hydrogen-bond donors (Lipinski definition) is 14. The molecule has 760 valence electrons. The van der Waals surface area contributed by atoms with E-state index in [9.17, 15) is 91.0 Å². The van der Waals surface area contributed by atoms with E-state index in [0.717, 1.165) is 4.90 Å². The van der Waals surface area contributed by atoms with E-state index >= 15 is 0 Å². The summed E-state index contributed by atoms with van der Waals surface area (Å²) in [7, 11) is -1.29. The van der Waals surface area contributed by atoms with Crippen LogP contribution < -0.4 is 53.6 Å². The maximum absolute atomic E-state index is 14.7. The number of carbonyl (C=O) groups excluding carboxylic acids is 15. The average Bonchev–Trinajstić information content (AvgIpc) is 1.71. The van der Waals surface area contributed by atoms with E-state index in [2.05, 4.69) is 47.9 Å². The fourth-order valence-corrected chi connectivity index (χ4v) is 17.2. The Morgan fingerprint density at radius 2 is 1.27 bits per heavy atom. The van der Waals surface area contributed by atoms with Crippen LogP contribution in [0, 0.1) is 35.5 Å². The number of amides is 14. The molecule has 0 aliphatic carbocycles. The molecule has 45 nitrogen and oxygen atoms in total. The molecule has 0 spiro atoms. The summed E-state index contributed by atoms with van der Waals surface area (Å²) >= 11 is 0. The number of phosphoric ester groups is 1. The summed E-state index contributed by atoms with van der Waals surface area (Å²) < 4.78 is 80.8. The molecular formula is C88H142N14O31P2. The van der Waals surface area contributed by atoms with E-state index < -0.39 is 228 Å². The number of aliphatic hydroxyl groups excluding tert-OH is 1. The second-order valence-corrected chi connectivity index (χ2v) is 38.1. The number of aliphatic hydroxyl groups is 1. The van der Waals surface area contributed by atoms with Gasteiger partial charge in [0.05, 0.1) is 121 Å². The largest absolute Gasteiger partial charge is 0.473 e. The van der Waals surface area contributed by atoms with Crippen molar-refractivity contribution in [2.24, 2.45) is 41.2 Å². The number of hydrogen-bond acceptors (Lipinski definition) is 29. The Labute approximate surface area is 787 Å². The molecule has 3 aliphatic rings. The molecule has 18 atom stereocenters. The number of methoxy groups -OCH3 is 2. The topological polar surface area (TPSA) is 611 Å². The highest BCUT2D eigenvalue weighted by molar-refractivity contribution is 7.51. The van der Waals surface area contributed by atoms with Gasteiger partial charge in [0, 0.05) is 78.3 Å². The number of cyclic esters (lactones) is 1. The van der Waals surface area contributed by atoms with Crippen LogP contribution >= 0.6 is 15.4 Å². The Morgan fingerprint density at radius 3 is 1.81 bits per heavy atom. The Hall–Kier alpha value is -9.57. The molecule has 2 aromatic rings. The predicted octanol–water partition coefficient (Wildman–Crippen LogP) is 0.951. The zero-order valence-electron chi connectivity index (χ0n) is 80.0. The molecule has 3 heterocycles. The third kappa shape index (κ3) is 38.4. The number of nitrogens with two attached hydrogens (primary N) is 1. The summed E-state index contributed by atoms with van der Waals surface area (Å²) in [6.07, 6.45) is -7.44. The molecule has 0 aromatic heterocycles. The van der Waals surface area contributed by atoms with Crippen molar-refractivity contribution in [1.29, 1.82) is 0 Å². The fourth-order valence-electron chi connectivity index (χ4n) is 15.7. The number of nitrogens with one attached hydrogen (secondary N) is 9. The molecule has 135 heavy (non-hydrogen) atoms. The van der Waals surface area contributed by atoms with Crippen molar-refractivity contribution in [3.8, 4) is 0 Å². The summed E-state index contributed by atoms with van der Waals surface area (Å²) in [4.78, 5) is 237. The Bertz CT molecular complexity index is 4320. The molecule has 0 saturated carbocycles. The maximum atomic E-state index is 14.7. The number of phosphoric acid groups is 1. The number of rotatable bonds is 62. The minimum absolute atomic E-state index is 0.0169. The van der Waals surface area contributed by atoms with E-state index in [0.29, 0.717) is 36.9 Å². The standard InChI is InChI=1S/C88H142N14O31P2/c1-17-54(8)75(100(14)86(116)73(52(4)5)98-84(114)74(53(6)7)99(12)13)66(124-15)47-69(106)101-35-22-26-63(101)76(125-16)56(10)79(109)93-57(11)77(59-23-19-18-20-24-59)133-135(122,123)131-49-58-27-29-60(30-28-58)94-80(110)61(25-21-33-91-88(89)118)96-83(113)72(51(2)3)97-81(111)62(46-71(108)132-78-65(103)50-130-87(78)117)95-68(105)31-36-126-38-40-128-42-43-129-41-39-127-37-34-90-82(112)64(102-70(107)45-55(9)85(102)115)48-92-67(104)32-44-134(119,120)121/h18-20,23-24,27-30,51-57,61-66,72-78,103H,17,21-22,25-26,31-50H2,1-16H3,(H,90,112)(H,92,104)(H,93,109)(H,94,110)(H,95,105)(H,96,113)(H,97,111)(H,98,114)(H,122,123)(H3,89,91,118)(H2,119,120,121)/t54-,55?,56+,57+,61-,62-,63-,64-,65?,66+,72-,73-,74-,75-,76+,77+,78?/m0/s1. The lowest BCUT2D eigenvalue weighted by Gasteiger charge is -2.41. The van der Waals surface area contributed by atoms with E-state index in [1.165, 1.54) is 45.4 Å². The van der Waals surface area contributed by atoms with Crippen LogP contribution in [0.15, 0.2) is 54.6 Å².